The van der Waals surface area contributed by atoms with E-state index in [1.807, 2.05) is 36.4 Å². The average Bonchev–Trinajstić information content (AvgIpc) is 2.61. The fourth-order valence-electron chi connectivity index (χ4n) is 2.36. The van der Waals surface area contributed by atoms with Crippen molar-refractivity contribution in [3.05, 3.63) is 70.2 Å². The second-order valence-corrected chi connectivity index (χ2v) is 7.04. The Bertz CT molecular complexity index is 981. The molecule has 3 aromatic carbocycles. The molecule has 0 spiro atoms. The summed E-state index contributed by atoms with van der Waals surface area (Å²) in [6.45, 7) is -0.158. The lowest BCUT2D eigenvalue weighted by atomic mass is 10.1. The summed E-state index contributed by atoms with van der Waals surface area (Å²) < 4.78 is 6.42. The molecule has 0 aliphatic heterocycles. The van der Waals surface area contributed by atoms with Crippen molar-refractivity contribution in [3.63, 3.8) is 0 Å². The van der Waals surface area contributed by atoms with Gasteiger partial charge in [-0.05, 0) is 63.2 Å². The van der Waals surface area contributed by atoms with Crippen molar-refractivity contribution in [1.29, 1.82) is 0 Å². The molecule has 3 aromatic rings. The number of hydrogen-bond donors (Lipinski definition) is 2. The van der Waals surface area contributed by atoms with Crippen molar-refractivity contribution in [2.45, 2.75) is 0 Å². The molecule has 3 rings (SSSR count). The van der Waals surface area contributed by atoms with Gasteiger partial charge in [0.15, 0.2) is 11.7 Å². The molecule has 0 radical (unpaired) electrons. The summed E-state index contributed by atoms with van der Waals surface area (Å²) in [6.07, 6.45) is 0. The van der Waals surface area contributed by atoms with E-state index in [1.165, 1.54) is 0 Å². The first kappa shape index (κ1) is 18.6. The summed E-state index contributed by atoms with van der Waals surface area (Å²) in [4.78, 5) is 12.1. The molecule has 4 nitrogen and oxygen atoms in total. The average molecular weight is 450 g/mol. The van der Waals surface area contributed by atoms with Gasteiger partial charge in [0.25, 0.3) is 5.91 Å². The first-order valence-electron chi connectivity index (χ1n) is 7.69. The molecule has 0 aliphatic carbocycles. The first-order chi connectivity index (χ1) is 12.5. The molecular formula is C19H14BrClN2O2S. The Hall–Kier alpha value is -2.15. The van der Waals surface area contributed by atoms with Crippen molar-refractivity contribution in [2.75, 3.05) is 11.9 Å². The number of ether oxygens (including phenoxy) is 1. The molecular weight excluding hydrogens is 436 g/mol. The Kier molecular flexibility index (Phi) is 6.08. The van der Waals surface area contributed by atoms with Crippen LogP contribution in [-0.2, 0) is 4.79 Å². The van der Waals surface area contributed by atoms with Crippen molar-refractivity contribution in [3.8, 4) is 5.75 Å². The number of halogens is 2. The van der Waals surface area contributed by atoms with Crippen LogP contribution in [0.2, 0.25) is 5.02 Å². The van der Waals surface area contributed by atoms with Crippen LogP contribution >= 0.6 is 39.7 Å². The Morgan fingerprint density at radius 2 is 1.92 bits per heavy atom. The minimum absolute atomic E-state index is 0.158. The predicted octanol–water partition coefficient (Wildman–Crippen LogP) is 5.15. The van der Waals surface area contributed by atoms with E-state index in [1.54, 1.807) is 24.3 Å². The predicted molar refractivity (Wildman–Crippen MR) is 113 cm³/mol. The van der Waals surface area contributed by atoms with E-state index >= 15 is 0 Å². The summed E-state index contributed by atoms with van der Waals surface area (Å²) in [7, 11) is 0. The molecule has 132 valence electrons. The maximum absolute atomic E-state index is 12.1. The van der Waals surface area contributed by atoms with Crippen LogP contribution in [0.25, 0.3) is 10.8 Å². The van der Waals surface area contributed by atoms with Gasteiger partial charge in [0.1, 0.15) is 5.75 Å². The van der Waals surface area contributed by atoms with Gasteiger partial charge in [0, 0.05) is 10.7 Å². The molecule has 0 aliphatic rings. The number of anilines is 1. The van der Waals surface area contributed by atoms with Gasteiger partial charge in [0.2, 0.25) is 0 Å². The largest absolute Gasteiger partial charge is 0.483 e. The van der Waals surface area contributed by atoms with Gasteiger partial charge in [-0.3, -0.25) is 10.1 Å². The lowest BCUT2D eigenvalue weighted by Gasteiger charge is -2.12. The van der Waals surface area contributed by atoms with Crippen LogP contribution in [0.3, 0.4) is 0 Å². The number of benzene rings is 3. The number of rotatable bonds is 4. The minimum atomic E-state index is -0.357. The number of hydrogen-bond acceptors (Lipinski definition) is 3. The van der Waals surface area contributed by atoms with E-state index in [2.05, 4.69) is 26.6 Å². The fraction of sp³-hybridized carbons (Fsp3) is 0.0526. The van der Waals surface area contributed by atoms with E-state index in [4.69, 9.17) is 28.6 Å². The molecule has 0 saturated heterocycles. The standard InChI is InChI=1S/C19H14BrClN2O2S/c20-18-15-7-2-1-4-12(15)8-9-16(18)25-11-17(24)23-19(26)22-14-6-3-5-13(21)10-14/h1-10H,11H2,(H2,22,23,24,26). The molecule has 0 fully saturated rings. The van der Waals surface area contributed by atoms with Crippen LogP contribution in [-0.4, -0.2) is 17.6 Å². The topological polar surface area (TPSA) is 50.4 Å². The van der Waals surface area contributed by atoms with Crippen LogP contribution in [0, 0.1) is 0 Å². The second kappa shape index (κ2) is 8.49. The second-order valence-electron chi connectivity index (χ2n) is 5.40. The molecule has 0 atom stereocenters. The monoisotopic (exact) mass is 448 g/mol. The third-order valence-corrected chi connectivity index (χ3v) is 4.78. The summed E-state index contributed by atoms with van der Waals surface area (Å²) in [5, 5.41) is 8.33. The van der Waals surface area contributed by atoms with Crippen molar-refractivity contribution < 1.29 is 9.53 Å². The molecule has 0 bridgehead atoms. The lowest BCUT2D eigenvalue weighted by molar-refractivity contribution is -0.121. The molecule has 1 amide bonds. The summed E-state index contributed by atoms with van der Waals surface area (Å²) >= 11 is 14.6. The molecule has 0 saturated carbocycles. The zero-order valence-electron chi connectivity index (χ0n) is 13.5. The number of thiocarbonyl (C=S) groups is 1. The van der Waals surface area contributed by atoms with E-state index in [-0.39, 0.29) is 17.6 Å². The zero-order chi connectivity index (χ0) is 18.5. The van der Waals surface area contributed by atoms with E-state index in [9.17, 15) is 4.79 Å². The maximum atomic E-state index is 12.1. The lowest BCUT2D eigenvalue weighted by Crippen LogP contribution is -2.37. The van der Waals surface area contributed by atoms with Crippen molar-refractivity contribution >= 4 is 67.2 Å². The number of fused-ring (bicyclic) bond motifs is 1. The smallest absolute Gasteiger partial charge is 0.264 e. The number of carbonyl (C=O) groups excluding carboxylic acids is 1. The molecule has 26 heavy (non-hydrogen) atoms. The van der Waals surface area contributed by atoms with Gasteiger partial charge in [-0.2, -0.15) is 0 Å². The highest BCUT2D eigenvalue weighted by Gasteiger charge is 2.10. The van der Waals surface area contributed by atoms with Gasteiger partial charge < -0.3 is 10.1 Å². The highest BCUT2D eigenvalue weighted by molar-refractivity contribution is 9.10. The first-order valence-corrected chi connectivity index (χ1v) is 9.27. The Morgan fingerprint density at radius 1 is 1.12 bits per heavy atom. The normalized spacial score (nSPS) is 10.4. The van der Waals surface area contributed by atoms with Gasteiger partial charge in [0.05, 0.1) is 4.47 Å². The van der Waals surface area contributed by atoms with E-state index in [0.29, 0.717) is 16.5 Å². The van der Waals surface area contributed by atoms with Crippen LogP contribution in [0.5, 0.6) is 5.75 Å². The summed E-state index contributed by atoms with van der Waals surface area (Å²) in [6, 6.07) is 18.7. The SMILES string of the molecule is O=C(COc1ccc2ccccc2c1Br)NC(=S)Nc1cccc(Cl)c1. The van der Waals surface area contributed by atoms with Gasteiger partial charge in [-0.25, -0.2) is 0 Å². The third kappa shape index (κ3) is 4.72. The maximum Gasteiger partial charge on any atom is 0.264 e. The molecule has 7 heteroatoms. The highest BCUT2D eigenvalue weighted by atomic mass is 79.9. The minimum Gasteiger partial charge on any atom is -0.483 e. The zero-order valence-corrected chi connectivity index (χ0v) is 16.6. The Balaban J connectivity index is 1.57. The fourth-order valence-corrected chi connectivity index (χ4v) is 3.39. The van der Waals surface area contributed by atoms with Gasteiger partial charge in [-0.1, -0.05) is 48.0 Å². The third-order valence-electron chi connectivity index (χ3n) is 3.52. The van der Waals surface area contributed by atoms with Crippen LogP contribution in [0.15, 0.2) is 65.1 Å². The quantitative estimate of drug-likeness (QED) is 0.541. The van der Waals surface area contributed by atoms with Crippen LogP contribution in [0.1, 0.15) is 0 Å². The Labute approximate surface area is 169 Å². The molecule has 0 unspecified atom stereocenters. The number of amides is 1. The Morgan fingerprint density at radius 3 is 2.73 bits per heavy atom. The van der Waals surface area contributed by atoms with Crippen molar-refractivity contribution in [1.82, 2.24) is 5.32 Å². The van der Waals surface area contributed by atoms with Gasteiger partial charge in [-0.15, -0.1) is 0 Å². The molecule has 2 N–H and O–H groups in total. The van der Waals surface area contributed by atoms with Gasteiger partial charge >= 0.3 is 0 Å². The van der Waals surface area contributed by atoms with Crippen LogP contribution in [0.4, 0.5) is 5.69 Å². The molecule has 0 heterocycles. The van der Waals surface area contributed by atoms with E-state index in [0.717, 1.165) is 15.2 Å². The number of nitrogens with one attached hydrogen (secondary N) is 2. The van der Waals surface area contributed by atoms with E-state index < -0.39 is 0 Å². The van der Waals surface area contributed by atoms with Crippen LogP contribution < -0.4 is 15.4 Å². The summed E-state index contributed by atoms with van der Waals surface area (Å²) in [5.74, 6) is 0.233. The highest BCUT2D eigenvalue weighted by Crippen LogP contribution is 2.32. The van der Waals surface area contributed by atoms with Crippen molar-refractivity contribution in [2.24, 2.45) is 0 Å². The number of carbonyl (C=O) groups is 1. The summed E-state index contributed by atoms with van der Waals surface area (Å²) in [5.41, 5.74) is 0.695. The molecule has 0 aromatic heterocycles.